The van der Waals surface area contributed by atoms with Crippen LogP contribution in [-0.4, -0.2) is 35.7 Å². The summed E-state index contributed by atoms with van der Waals surface area (Å²) in [5, 5.41) is 0. The minimum atomic E-state index is -2.23. The van der Waals surface area contributed by atoms with E-state index >= 15 is 0 Å². The summed E-state index contributed by atoms with van der Waals surface area (Å²) in [6.07, 6.45) is -1.97. The zero-order valence-electron chi connectivity index (χ0n) is 9.80. The van der Waals surface area contributed by atoms with Crippen molar-refractivity contribution in [3.05, 3.63) is 0 Å². The molecule has 0 aromatic carbocycles. The van der Waals surface area contributed by atoms with Crippen LogP contribution in [0.25, 0.3) is 0 Å². The summed E-state index contributed by atoms with van der Waals surface area (Å²) in [4.78, 5) is 11.4. The van der Waals surface area contributed by atoms with Gasteiger partial charge in [-0.15, -0.1) is 0 Å². The molecular weight excluding hydrogens is 294 g/mol. The van der Waals surface area contributed by atoms with Gasteiger partial charge in [-0.2, -0.15) is 0 Å². The van der Waals surface area contributed by atoms with Crippen molar-refractivity contribution in [2.24, 2.45) is 0 Å². The van der Waals surface area contributed by atoms with E-state index in [2.05, 4.69) is 0 Å². The zero-order chi connectivity index (χ0) is 13.5. The van der Waals surface area contributed by atoms with Gasteiger partial charge in [-0.3, -0.25) is 14.2 Å². The fourth-order valence-electron chi connectivity index (χ4n) is 0.915. The standard InChI is InChI=1S/C9H15Cl3O5/c1-4-14-9(15-5-2,16-6-3)17-7(13)8(10,11)12/h4-6H2,1-3H3. The van der Waals surface area contributed by atoms with Crippen LogP contribution in [0.2, 0.25) is 0 Å². The Morgan fingerprint density at radius 3 is 1.53 bits per heavy atom. The normalized spacial score (nSPS) is 12.6. The number of carbonyl (C=O) groups excluding carboxylic acids is 1. The number of hydrogen-bond donors (Lipinski definition) is 0. The Labute approximate surface area is 115 Å². The van der Waals surface area contributed by atoms with Crippen LogP contribution in [0.15, 0.2) is 0 Å². The molecule has 5 nitrogen and oxygen atoms in total. The number of carbonyl (C=O) groups is 1. The average molecular weight is 310 g/mol. The van der Waals surface area contributed by atoms with Crippen LogP contribution in [0.4, 0.5) is 0 Å². The fourth-order valence-corrected chi connectivity index (χ4v) is 1.03. The SMILES string of the molecule is CCOC(OCC)(OCC)OC(=O)C(Cl)(Cl)Cl. The van der Waals surface area contributed by atoms with Crippen molar-refractivity contribution >= 4 is 40.8 Å². The van der Waals surface area contributed by atoms with Gasteiger partial charge in [-0.1, -0.05) is 34.8 Å². The van der Waals surface area contributed by atoms with Crippen molar-refractivity contribution in [3.8, 4) is 0 Å². The summed E-state index contributed by atoms with van der Waals surface area (Å²) in [7, 11) is 0. The van der Waals surface area contributed by atoms with Gasteiger partial charge in [-0.05, 0) is 20.8 Å². The highest BCUT2D eigenvalue weighted by atomic mass is 35.6. The zero-order valence-corrected chi connectivity index (χ0v) is 12.1. The number of halogens is 3. The highest BCUT2D eigenvalue weighted by Crippen LogP contribution is 2.30. The molecule has 17 heavy (non-hydrogen) atoms. The lowest BCUT2D eigenvalue weighted by atomic mass is 10.7. The van der Waals surface area contributed by atoms with Crippen LogP contribution in [0, 0.1) is 0 Å². The molecule has 0 spiro atoms. The molecule has 8 heteroatoms. The van der Waals surface area contributed by atoms with Gasteiger partial charge < -0.3 is 4.74 Å². The smallest absolute Gasteiger partial charge is 0.381 e. The molecule has 0 saturated heterocycles. The predicted octanol–water partition coefficient (Wildman–Crippen LogP) is 2.62. The summed E-state index contributed by atoms with van der Waals surface area (Å²) < 4.78 is 17.9. The van der Waals surface area contributed by atoms with Crippen molar-refractivity contribution in [1.29, 1.82) is 0 Å². The molecule has 0 radical (unpaired) electrons. The molecule has 0 aliphatic carbocycles. The molecule has 0 bridgehead atoms. The number of ether oxygens (including phenoxy) is 4. The first-order valence-corrected chi connectivity index (χ1v) is 6.16. The quantitative estimate of drug-likeness (QED) is 0.411. The third-order valence-electron chi connectivity index (χ3n) is 1.41. The summed E-state index contributed by atoms with van der Waals surface area (Å²) in [6, 6.07) is 0. The van der Waals surface area contributed by atoms with E-state index in [1.165, 1.54) is 0 Å². The lowest BCUT2D eigenvalue weighted by Crippen LogP contribution is -2.46. The average Bonchev–Trinajstić information content (AvgIpc) is 2.17. The van der Waals surface area contributed by atoms with E-state index in [1.54, 1.807) is 20.8 Å². The minimum absolute atomic E-state index is 0.188. The lowest BCUT2D eigenvalue weighted by molar-refractivity contribution is -0.480. The van der Waals surface area contributed by atoms with Gasteiger partial charge in [-0.25, -0.2) is 4.79 Å². The summed E-state index contributed by atoms with van der Waals surface area (Å²) >= 11 is 16.1. The van der Waals surface area contributed by atoms with E-state index in [1.807, 2.05) is 0 Å². The first-order chi connectivity index (χ1) is 7.81. The van der Waals surface area contributed by atoms with Gasteiger partial charge in [0, 0.05) is 0 Å². The Balaban J connectivity index is 4.82. The van der Waals surface area contributed by atoms with Gasteiger partial charge in [0.15, 0.2) is 0 Å². The van der Waals surface area contributed by atoms with Crippen LogP contribution in [-0.2, 0) is 23.7 Å². The van der Waals surface area contributed by atoms with Gasteiger partial charge in [0.1, 0.15) is 0 Å². The maximum atomic E-state index is 11.4. The van der Waals surface area contributed by atoms with E-state index in [-0.39, 0.29) is 19.8 Å². The van der Waals surface area contributed by atoms with E-state index in [0.29, 0.717) is 0 Å². The second kappa shape index (κ2) is 7.61. The maximum absolute atomic E-state index is 11.4. The van der Waals surface area contributed by atoms with Crippen LogP contribution < -0.4 is 0 Å². The second-order valence-electron chi connectivity index (χ2n) is 2.69. The highest BCUT2D eigenvalue weighted by molar-refractivity contribution is 6.75. The van der Waals surface area contributed by atoms with Gasteiger partial charge in [0.05, 0.1) is 19.8 Å². The molecule has 0 atom stereocenters. The summed E-state index contributed by atoms with van der Waals surface area (Å²) in [5.41, 5.74) is 0. The van der Waals surface area contributed by atoms with Crippen molar-refractivity contribution in [2.75, 3.05) is 19.8 Å². The molecule has 0 aliphatic rings. The first kappa shape index (κ1) is 17.2. The molecule has 102 valence electrons. The monoisotopic (exact) mass is 308 g/mol. The van der Waals surface area contributed by atoms with Crippen molar-refractivity contribution in [1.82, 2.24) is 0 Å². The first-order valence-electron chi connectivity index (χ1n) is 5.03. The number of esters is 1. The van der Waals surface area contributed by atoms with Crippen molar-refractivity contribution < 1.29 is 23.7 Å². The Morgan fingerprint density at radius 1 is 0.941 bits per heavy atom. The maximum Gasteiger partial charge on any atom is 0.463 e. The molecule has 0 rings (SSSR count). The molecule has 0 amide bonds. The summed E-state index contributed by atoms with van der Waals surface area (Å²) in [5.74, 6) is -1.14. The topological polar surface area (TPSA) is 54.0 Å². The van der Waals surface area contributed by atoms with E-state index in [4.69, 9.17) is 53.8 Å². The number of alkyl halides is 3. The van der Waals surface area contributed by atoms with Crippen LogP contribution >= 0.6 is 34.8 Å². The molecule has 0 N–H and O–H groups in total. The van der Waals surface area contributed by atoms with Crippen molar-refractivity contribution in [2.45, 2.75) is 30.7 Å². The molecule has 0 aromatic heterocycles. The molecule has 0 unspecified atom stereocenters. The number of rotatable bonds is 7. The Hall–Kier alpha value is 0.220. The second-order valence-corrected chi connectivity index (χ2v) is 4.97. The third-order valence-corrected chi connectivity index (χ3v) is 1.88. The Bertz CT molecular complexity index is 224. The largest absolute Gasteiger partial charge is 0.463 e. The molecule has 0 aromatic rings. The van der Waals surface area contributed by atoms with Crippen LogP contribution in [0.3, 0.4) is 0 Å². The minimum Gasteiger partial charge on any atom is -0.381 e. The van der Waals surface area contributed by atoms with Crippen molar-refractivity contribution in [3.63, 3.8) is 0 Å². The lowest BCUT2D eigenvalue weighted by Gasteiger charge is -2.31. The Morgan fingerprint density at radius 2 is 1.29 bits per heavy atom. The van der Waals surface area contributed by atoms with E-state index < -0.39 is 15.9 Å². The third kappa shape index (κ3) is 6.08. The molecule has 0 aliphatic heterocycles. The molecule has 0 saturated carbocycles. The molecular formula is C9H15Cl3O5. The molecule has 0 fully saturated rings. The van der Waals surface area contributed by atoms with Gasteiger partial charge in [0.2, 0.25) is 0 Å². The van der Waals surface area contributed by atoms with Gasteiger partial charge >= 0.3 is 12.1 Å². The predicted molar refractivity (Wildman–Crippen MR) is 64.0 cm³/mol. The van der Waals surface area contributed by atoms with Crippen LogP contribution in [0.1, 0.15) is 20.8 Å². The van der Waals surface area contributed by atoms with Crippen LogP contribution in [0.5, 0.6) is 0 Å². The Kier molecular flexibility index (Phi) is 7.71. The van der Waals surface area contributed by atoms with E-state index in [9.17, 15) is 4.79 Å². The van der Waals surface area contributed by atoms with E-state index in [0.717, 1.165) is 0 Å². The number of hydrogen-bond acceptors (Lipinski definition) is 5. The summed E-state index contributed by atoms with van der Waals surface area (Å²) in [6.45, 7) is 5.59. The highest BCUT2D eigenvalue weighted by Gasteiger charge is 2.44. The van der Waals surface area contributed by atoms with Gasteiger partial charge in [0.25, 0.3) is 3.79 Å². The molecule has 0 heterocycles. The fraction of sp³-hybridized carbons (Fsp3) is 0.889.